The molecule has 1 aliphatic rings. The standard InChI is InChI=1S/C19H17ClN4O5/c1-11-9-14(24(28)29)7-8-15(11)21-16(25)10-23-17(26)19(2,22-18(23)27)12-3-5-13(20)6-4-12/h3-9H,10H2,1-2H3,(H,21,25)(H,22,27)/t19-/m0/s1. The summed E-state index contributed by atoms with van der Waals surface area (Å²) in [4.78, 5) is 48.7. The summed E-state index contributed by atoms with van der Waals surface area (Å²) in [6.07, 6.45) is 0. The second-order valence-corrected chi connectivity index (χ2v) is 7.19. The highest BCUT2D eigenvalue weighted by Crippen LogP contribution is 2.29. The highest BCUT2D eigenvalue weighted by atomic mass is 35.5. The van der Waals surface area contributed by atoms with Gasteiger partial charge in [-0.1, -0.05) is 23.7 Å². The van der Waals surface area contributed by atoms with E-state index >= 15 is 0 Å². The van der Waals surface area contributed by atoms with E-state index in [1.807, 2.05) is 0 Å². The summed E-state index contributed by atoms with van der Waals surface area (Å²) in [6.45, 7) is 2.66. The van der Waals surface area contributed by atoms with Gasteiger partial charge in [0.25, 0.3) is 11.6 Å². The van der Waals surface area contributed by atoms with Gasteiger partial charge in [0, 0.05) is 22.8 Å². The number of hydrogen-bond acceptors (Lipinski definition) is 5. The monoisotopic (exact) mass is 416 g/mol. The lowest BCUT2D eigenvalue weighted by atomic mass is 9.92. The van der Waals surface area contributed by atoms with E-state index in [1.165, 1.54) is 18.2 Å². The molecule has 3 rings (SSSR count). The summed E-state index contributed by atoms with van der Waals surface area (Å²) < 4.78 is 0. The number of nitrogens with one attached hydrogen (secondary N) is 2. The van der Waals surface area contributed by atoms with Gasteiger partial charge in [0.1, 0.15) is 12.1 Å². The molecule has 10 heteroatoms. The highest BCUT2D eigenvalue weighted by Gasteiger charge is 2.49. The minimum atomic E-state index is -1.31. The number of benzene rings is 2. The molecular weight excluding hydrogens is 400 g/mol. The van der Waals surface area contributed by atoms with Crippen molar-refractivity contribution >= 4 is 40.8 Å². The number of non-ortho nitro benzene ring substituents is 1. The maximum Gasteiger partial charge on any atom is 0.325 e. The van der Waals surface area contributed by atoms with Crippen molar-refractivity contribution in [3.8, 4) is 0 Å². The molecule has 0 aliphatic carbocycles. The van der Waals surface area contributed by atoms with Crippen LogP contribution in [0.5, 0.6) is 0 Å². The van der Waals surface area contributed by atoms with Gasteiger partial charge < -0.3 is 10.6 Å². The number of nitrogens with zero attached hydrogens (tertiary/aromatic N) is 2. The fraction of sp³-hybridized carbons (Fsp3) is 0.211. The Bertz CT molecular complexity index is 1020. The number of nitro benzene ring substituents is 1. The van der Waals surface area contributed by atoms with E-state index in [-0.39, 0.29) is 5.69 Å². The molecule has 0 bridgehead atoms. The molecule has 2 aromatic carbocycles. The molecule has 29 heavy (non-hydrogen) atoms. The number of nitro groups is 1. The Hall–Kier alpha value is -3.46. The van der Waals surface area contributed by atoms with E-state index in [0.29, 0.717) is 21.8 Å². The lowest BCUT2D eigenvalue weighted by molar-refractivity contribution is -0.384. The van der Waals surface area contributed by atoms with Crippen LogP contribution in [0.25, 0.3) is 0 Å². The first kappa shape index (κ1) is 20.3. The van der Waals surface area contributed by atoms with E-state index in [4.69, 9.17) is 11.6 Å². The Morgan fingerprint density at radius 2 is 1.90 bits per heavy atom. The minimum Gasteiger partial charge on any atom is -0.324 e. The number of carbonyl (C=O) groups excluding carboxylic acids is 3. The average molecular weight is 417 g/mol. The molecule has 9 nitrogen and oxygen atoms in total. The molecule has 0 unspecified atom stereocenters. The number of imide groups is 1. The van der Waals surface area contributed by atoms with Crippen LogP contribution < -0.4 is 10.6 Å². The number of hydrogen-bond donors (Lipinski definition) is 2. The molecular formula is C19H17ClN4O5. The largest absolute Gasteiger partial charge is 0.325 e. The molecule has 1 fully saturated rings. The fourth-order valence-corrected chi connectivity index (χ4v) is 3.18. The molecule has 0 aromatic heterocycles. The Kier molecular flexibility index (Phi) is 5.25. The van der Waals surface area contributed by atoms with Crippen molar-refractivity contribution in [1.29, 1.82) is 0 Å². The molecule has 0 radical (unpaired) electrons. The third kappa shape index (κ3) is 3.90. The van der Waals surface area contributed by atoms with Gasteiger partial charge in [-0.05, 0) is 43.2 Å². The summed E-state index contributed by atoms with van der Waals surface area (Å²) in [5.74, 6) is -1.17. The van der Waals surface area contributed by atoms with Gasteiger partial charge in [-0.25, -0.2) is 4.79 Å². The topological polar surface area (TPSA) is 122 Å². The first-order valence-corrected chi connectivity index (χ1v) is 8.94. The molecule has 1 aliphatic heterocycles. The fourth-order valence-electron chi connectivity index (χ4n) is 3.05. The van der Waals surface area contributed by atoms with Crippen molar-refractivity contribution in [3.05, 3.63) is 68.7 Å². The van der Waals surface area contributed by atoms with Crippen molar-refractivity contribution in [2.45, 2.75) is 19.4 Å². The van der Waals surface area contributed by atoms with E-state index in [0.717, 1.165) is 4.90 Å². The zero-order valence-electron chi connectivity index (χ0n) is 15.6. The summed E-state index contributed by atoms with van der Waals surface area (Å²) in [5.41, 5.74) is -0.0443. The van der Waals surface area contributed by atoms with Crippen molar-refractivity contribution in [2.75, 3.05) is 11.9 Å². The second kappa shape index (κ2) is 7.51. The Balaban J connectivity index is 1.74. The highest BCUT2D eigenvalue weighted by molar-refractivity contribution is 6.30. The van der Waals surface area contributed by atoms with E-state index in [2.05, 4.69) is 10.6 Å². The van der Waals surface area contributed by atoms with E-state index in [1.54, 1.807) is 38.1 Å². The Labute approximate surface area is 170 Å². The number of anilines is 1. The summed E-state index contributed by atoms with van der Waals surface area (Å²) in [5, 5.41) is 16.5. The van der Waals surface area contributed by atoms with Gasteiger partial charge in [-0.2, -0.15) is 0 Å². The van der Waals surface area contributed by atoms with Gasteiger partial charge in [0.2, 0.25) is 5.91 Å². The molecule has 1 atom stereocenters. The third-order valence-electron chi connectivity index (χ3n) is 4.69. The predicted octanol–water partition coefficient (Wildman–Crippen LogP) is 2.96. The maximum atomic E-state index is 12.9. The number of urea groups is 1. The van der Waals surface area contributed by atoms with Gasteiger partial charge in [0.15, 0.2) is 0 Å². The van der Waals surface area contributed by atoms with Gasteiger partial charge in [0.05, 0.1) is 4.92 Å². The first-order valence-electron chi connectivity index (χ1n) is 8.57. The van der Waals surface area contributed by atoms with Crippen LogP contribution in [-0.2, 0) is 15.1 Å². The zero-order valence-corrected chi connectivity index (χ0v) is 16.3. The molecule has 2 aromatic rings. The van der Waals surface area contributed by atoms with Gasteiger partial charge >= 0.3 is 6.03 Å². The average Bonchev–Trinajstić information content (AvgIpc) is 2.87. The smallest absolute Gasteiger partial charge is 0.324 e. The second-order valence-electron chi connectivity index (χ2n) is 6.76. The normalized spacial score (nSPS) is 18.5. The SMILES string of the molecule is Cc1cc([N+](=O)[O-])ccc1NC(=O)CN1C(=O)N[C@@](C)(c2ccc(Cl)cc2)C1=O. The van der Waals surface area contributed by atoms with Crippen LogP contribution in [0.15, 0.2) is 42.5 Å². The number of carbonyl (C=O) groups is 3. The van der Waals surface area contributed by atoms with Crippen LogP contribution in [0.4, 0.5) is 16.2 Å². The third-order valence-corrected chi connectivity index (χ3v) is 4.95. The van der Waals surface area contributed by atoms with Crippen LogP contribution in [0.3, 0.4) is 0 Å². The predicted molar refractivity (Wildman–Crippen MR) is 106 cm³/mol. The number of rotatable bonds is 5. The Morgan fingerprint density at radius 3 is 2.48 bits per heavy atom. The molecule has 2 N–H and O–H groups in total. The number of aryl methyl sites for hydroxylation is 1. The molecule has 1 saturated heterocycles. The van der Waals surface area contributed by atoms with Crippen LogP contribution in [0.1, 0.15) is 18.1 Å². The zero-order chi connectivity index (χ0) is 21.3. The van der Waals surface area contributed by atoms with E-state index in [9.17, 15) is 24.5 Å². The minimum absolute atomic E-state index is 0.103. The van der Waals surface area contributed by atoms with Crippen molar-refractivity contribution in [3.63, 3.8) is 0 Å². The number of halogens is 1. The van der Waals surface area contributed by atoms with Crippen molar-refractivity contribution in [1.82, 2.24) is 10.2 Å². The molecule has 1 heterocycles. The van der Waals surface area contributed by atoms with Crippen LogP contribution in [0, 0.1) is 17.0 Å². The van der Waals surface area contributed by atoms with Crippen LogP contribution in [-0.4, -0.2) is 34.2 Å². The summed E-state index contributed by atoms with van der Waals surface area (Å²) in [6, 6.07) is 9.75. The number of amides is 4. The van der Waals surface area contributed by atoms with Gasteiger partial charge in [-0.3, -0.25) is 24.6 Å². The molecule has 150 valence electrons. The van der Waals surface area contributed by atoms with Crippen LogP contribution >= 0.6 is 11.6 Å². The Morgan fingerprint density at radius 1 is 1.24 bits per heavy atom. The van der Waals surface area contributed by atoms with Crippen LogP contribution in [0.2, 0.25) is 5.02 Å². The molecule has 0 spiro atoms. The van der Waals surface area contributed by atoms with Crippen molar-refractivity contribution in [2.24, 2.45) is 0 Å². The molecule has 4 amide bonds. The van der Waals surface area contributed by atoms with E-state index < -0.39 is 34.9 Å². The quantitative estimate of drug-likeness (QED) is 0.441. The lowest BCUT2D eigenvalue weighted by Crippen LogP contribution is -2.42. The first-order chi connectivity index (χ1) is 13.6. The molecule has 0 saturated carbocycles. The maximum absolute atomic E-state index is 12.9. The summed E-state index contributed by atoms with van der Waals surface area (Å²) >= 11 is 5.87. The van der Waals surface area contributed by atoms with Crippen molar-refractivity contribution < 1.29 is 19.3 Å². The summed E-state index contributed by atoms with van der Waals surface area (Å²) in [7, 11) is 0. The van der Waals surface area contributed by atoms with Gasteiger partial charge in [-0.15, -0.1) is 0 Å². The lowest BCUT2D eigenvalue weighted by Gasteiger charge is -2.22.